The van der Waals surface area contributed by atoms with Gasteiger partial charge in [0.05, 0.1) is 16.3 Å². The number of nitrogens with zero attached hydrogens (tertiary/aromatic N) is 2. The summed E-state index contributed by atoms with van der Waals surface area (Å²) in [6.07, 6.45) is 0. The molecule has 0 bridgehead atoms. The van der Waals surface area contributed by atoms with Crippen LogP contribution in [-0.2, 0) is 0 Å². The number of nitrogen functional groups attached to an aromatic ring is 1. The second kappa shape index (κ2) is 7.14. The van der Waals surface area contributed by atoms with Crippen LogP contribution in [0.15, 0.2) is 72.8 Å². The van der Waals surface area contributed by atoms with Crippen molar-refractivity contribution >= 4 is 22.3 Å². The number of aromatic amines is 2. The van der Waals surface area contributed by atoms with E-state index in [1.807, 2.05) is 61.5 Å². The molecule has 3 aromatic carbocycles. The van der Waals surface area contributed by atoms with Crippen molar-refractivity contribution in [1.82, 2.24) is 15.0 Å². The average Bonchev–Trinajstić information content (AvgIpc) is 3.34. The van der Waals surface area contributed by atoms with Crippen LogP contribution in [0.1, 0.15) is 5.69 Å². The van der Waals surface area contributed by atoms with Gasteiger partial charge in [0.15, 0.2) is 0 Å². The molecule has 0 aliphatic rings. The summed E-state index contributed by atoms with van der Waals surface area (Å²) in [6, 6.07) is 22.0. The van der Waals surface area contributed by atoms with Crippen LogP contribution < -0.4 is 5.73 Å². The lowest BCUT2D eigenvalue weighted by atomic mass is 10.0. The van der Waals surface area contributed by atoms with Crippen LogP contribution >= 0.6 is 0 Å². The minimum Gasteiger partial charge on any atom is -0.399 e. The van der Waals surface area contributed by atoms with E-state index in [0.29, 0.717) is 22.8 Å². The fourth-order valence-corrected chi connectivity index (χ4v) is 3.95. The monoisotopic (exact) mass is 409 g/mol. The molecule has 0 atom stereocenters. The van der Waals surface area contributed by atoms with Gasteiger partial charge in [-0.25, -0.2) is 4.98 Å². The van der Waals surface area contributed by atoms with Crippen LogP contribution in [0.2, 0.25) is 0 Å². The van der Waals surface area contributed by atoms with Gasteiger partial charge in [0.1, 0.15) is 5.82 Å². The Labute approximate surface area is 177 Å². The largest absolute Gasteiger partial charge is 0.399 e. The predicted molar refractivity (Wildman–Crippen MR) is 123 cm³/mol. The third kappa shape index (κ3) is 3.22. The lowest BCUT2D eigenvalue weighted by Gasteiger charge is -2.04. The van der Waals surface area contributed by atoms with Crippen molar-refractivity contribution in [1.29, 1.82) is 0 Å². The number of imidazole rings is 1. The summed E-state index contributed by atoms with van der Waals surface area (Å²) >= 11 is 0. The Morgan fingerprint density at radius 2 is 1.71 bits per heavy atom. The van der Waals surface area contributed by atoms with Gasteiger partial charge in [0, 0.05) is 51.1 Å². The van der Waals surface area contributed by atoms with E-state index in [2.05, 4.69) is 9.97 Å². The lowest BCUT2D eigenvalue weighted by Crippen LogP contribution is -1.90. The average molecular weight is 409 g/mol. The molecule has 5 aromatic rings. The Bertz CT molecular complexity index is 1450. The molecule has 0 saturated carbocycles. The molecule has 0 unspecified atom stereocenters. The molecule has 4 N–H and O–H groups in total. The molecule has 7 nitrogen and oxygen atoms in total. The molecule has 2 aromatic heterocycles. The third-order valence-corrected chi connectivity index (χ3v) is 5.34. The molecule has 31 heavy (non-hydrogen) atoms. The van der Waals surface area contributed by atoms with Gasteiger partial charge in [-0.15, -0.1) is 0 Å². The standard InChI is InChI=1S/C24H19N5O2/c1-14-21(19-10-2-3-11-20(19)26-14)24-27-22(15-6-4-8-17(25)12-15)23(28-24)16-7-5-9-18(13-16)29(30)31/h2-13,26H,25H2,1H3,(H,27,28). The van der Waals surface area contributed by atoms with Gasteiger partial charge in [0.25, 0.3) is 5.69 Å². The van der Waals surface area contributed by atoms with Crippen molar-refractivity contribution in [3.8, 4) is 33.9 Å². The van der Waals surface area contributed by atoms with Crippen molar-refractivity contribution in [2.45, 2.75) is 6.92 Å². The van der Waals surface area contributed by atoms with E-state index in [1.165, 1.54) is 12.1 Å². The summed E-state index contributed by atoms with van der Waals surface area (Å²) in [7, 11) is 0. The van der Waals surface area contributed by atoms with E-state index < -0.39 is 4.92 Å². The van der Waals surface area contributed by atoms with Crippen molar-refractivity contribution in [3.05, 3.63) is 88.6 Å². The van der Waals surface area contributed by atoms with Gasteiger partial charge >= 0.3 is 0 Å². The molecule has 152 valence electrons. The zero-order chi connectivity index (χ0) is 21.5. The van der Waals surface area contributed by atoms with E-state index in [1.54, 1.807) is 6.07 Å². The number of aromatic nitrogens is 3. The highest BCUT2D eigenvalue weighted by atomic mass is 16.6. The number of fused-ring (bicyclic) bond motifs is 1. The molecule has 0 radical (unpaired) electrons. The first-order chi connectivity index (χ1) is 15.0. The van der Waals surface area contributed by atoms with Gasteiger partial charge < -0.3 is 15.7 Å². The highest BCUT2D eigenvalue weighted by Gasteiger charge is 2.20. The first-order valence-electron chi connectivity index (χ1n) is 9.79. The number of non-ortho nitro benzene ring substituents is 1. The molecule has 5 rings (SSSR count). The fraction of sp³-hybridized carbons (Fsp3) is 0.0417. The number of rotatable bonds is 4. The lowest BCUT2D eigenvalue weighted by molar-refractivity contribution is -0.384. The van der Waals surface area contributed by atoms with Crippen molar-refractivity contribution in [2.75, 3.05) is 5.73 Å². The number of aryl methyl sites for hydroxylation is 1. The number of benzene rings is 3. The van der Waals surface area contributed by atoms with Gasteiger partial charge in [0.2, 0.25) is 0 Å². The zero-order valence-electron chi connectivity index (χ0n) is 16.7. The molecule has 7 heteroatoms. The number of nitro benzene ring substituents is 1. The van der Waals surface area contributed by atoms with Crippen molar-refractivity contribution in [2.24, 2.45) is 0 Å². The van der Waals surface area contributed by atoms with Gasteiger partial charge in [-0.3, -0.25) is 10.1 Å². The Balaban J connectivity index is 1.77. The number of nitrogens with one attached hydrogen (secondary N) is 2. The smallest absolute Gasteiger partial charge is 0.270 e. The number of para-hydroxylation sites is 1. The van der Waals surface area contributed by atoms with Gasteiger partial charge in [-0.05, 0) is 25.1 Å². The minimum absolute atomic E-state index is 0.0175. The molecule has 0 aliphatic heterocycles. The number of nitrogens with two attached hydrogens (primary N) is 1. The van der Waals surface area contributed by atoms with Crippen molar-refractivity contribution in [3.63, 3.8) is 0 Å². The second-order valence-electron chi connectivity index (χ2n) is 7.41. The first kappa shape index (κ1) is 18.6. The molecule has 0 saturated heterocycles. The Morgan fingerprint density at radius 3 is 2.52 bits per heavy atom. The molecular weight excluding hydrogens is 390 g/mol. The first-order valence-corrected chi connectivity index (χ1v) is 9.79. The molecule has 0 spiro atoms. The van der Waals surface area contributed by atoms with Crippen LogP contribution in [0.3, 0.4) is 0 Å². The minimum atomic E-state index is -0.402. The van der Waals surface area contributed by atoms with Crippen LogP contribution in [0.5, 0.6) is 0 Å². The van der Waals surface area contributed by atoms with Crippen LogP contribution in [-0.4, -0.2) is 19.9 Å². The van der Waals surface area contributed by atoms with Crippen molar-refractivity contribution < 1.29 is 4.92 Å². The maximum Gasteiger partial charge on any atom is 0.270 e. The second-order valence-corrected chi connectivity index (χ2v) is 7.41. The normalized spacial score (nSPS) is 11.1. The highest BCUT2D eigenvalue weighted by Crippen LogP contribution is 2.37. The van der Waals surface area contributed by atoms with Gasteiger partial charge in [-0.1, -0.05) is 42.5 Å². The zero-order valence-corrected chi connectivity index (χ0v) is 16.7. The Morgan fingerprint density at radius 1 is 0.935 bits per heavy atom. The van der Waals surface area contributed by atoms with E-state index in [4.69, 9.17) is 10.7 Å². The predicted octanol–water partition coefficient (Wildman–Crippen LogP) is 5.69. The number of H-pyrrole nitrogens is 2. The fourth-order valence-electron chi connectivity index (χ4n) is 3.95. The molecule has 0 aliphatic carbocycles. The number of hydrogen-bond donors (Lipinski definition) is 3. The van der Waals surface area contributed by atoms with Crippen LogP contribution in [0.4, 0.5) is 11.4 Å². The molecule has 2 heterocycles. The number of nitro groups is 1. The van der Waals surface area contributed by atoms with E-state index >= 15 is 0 Å². The maximum absolute atomic E-state index is 11.3. The third-order valence-electron chi connectivity index (χ3n) is 5.34. The molecule has 0 amide bonds. The summed E-state index contributed by atoms with van der Waals surface area (Å²) < 4.78 is 0. The van der Waals surface area contributed by atoms with Gasteiger partial charge in [-0.2, -0.15) is 0 Å². The highest BCUT2D eigenvalue weighted by molar-refractivity contribution is 5.97. The maximum atomic E-state index is 11.3. The topological polar surface area (TPSA) is 114 Å². The molecular formula is C24H19N5O2. The van der Waals surface area contributed by atoms with Crippen LogP contribution in [0.25, 0.3) is 44.8 Å². The number of anilines is 1. The SMILES string of the molecule is Cc1[nH]c2ccccc2c1-c1nc(-c2cccc([N+](=O)[O-])c2)c(-c2cccc(N)c2)[nH]1. The van der Waals surface area contributed by atoms with E-state index in [-0.39, 0.29) is 5.69 Å². The van der Waals surface area contributed by atoms with E-state index in [9.17, 15) is 10.1 Å². The quantitative estimate of drug-likeness (QED) is 0.201. The number of hydrogen-bond acceptors (Lipinski definition) is 4. The Hall–Kier alpha value is -4.39. The Kier molecular flexibility index (Phi) is 4.29. The van der Waals surface area contributed by atoms with Crippen LogP contribution in [0, 0.1) is 17.0 Å². The summed E-state index contributed by atoms with van der Waals surface area (Å²) in [5, 5.41) is 12.4. The summed E-state index contributed by atoms with van der Waals surface area (Å²) in [4.78, 5) is 22.7. The summed E-state index contributed by atoms with van der Waals surface area (Å²) in [6.45, 7) is 2.01. The summed E-state index contributed by atoms with van der Waals surface area (Å²) in [5.41, 5.74) is 12.5. The van der Waals surface area contributed by atoms with E-state index in [0.717, 1.165) is 33.4 Å². The molecule has 0 fully saturated rings. The summed E-state index contributed by atoms with van der Waals surface area (Å²) in [5.74, 6) is 0.689.